The fourth-order valence-electron chi connectivity index (χ4n) is 3.35. The maximum absolute atomic E-state index is 13.2. The Balaban J connectivity index is 2.11. The summed E-state index contributed by atoms with van der Waals surface area (Å²) in [5.74, 6) is -0.326. The van der Waals surface area contributed by atoms with Crippen molar-refractivity contribution in [2.45, 2.75) is 28.7 Å². The SMILES string of the molecule is CS(=O)(=O)c1ccc(N2CCCC2c2ccc(F)cc2)c(S(C)(=O)=O)c1. The van der Waals surface area contributed by atoms with Gasteiger partial charge >= 0.3 is 0 Å². The summed E-state index contributed by atoms with van der Waals surface area (Å²) in [4.78, 5) is 1.92. The highest BCUT2D eigenvalue weighted by Crippen LogP contribution is 2.39. The van der Waals surface area contributed by atoms with Crippen LogP contribution in [-0.4, -0.2) is 35.9 Å². The van der Waals surface area contributed by atoms with E-state index >= 15 is 0 Å². The molecule has 0 saturated carbocycles. The van der Waals surface area contributed by atoms with Gasteiger partial charge in [0.25, 0.3) is 0 Å². The van der Waals surface area contributed by atoms with Crippen molar-refractivity contribution in [2.24, 2.45) is 0 Å². The van der Waals surface area contributed by atoms with Gasteiger partial charge in [-0.25, -0.2) is 21.2 Å². The first kappa shape index (κ1) is 18.8. The maximum atomic E-state index is 13.2. The summed E-state index contributed by atoms with van der Waals surface area (Å²) in [7, 11) is -7.15. The van der Waals surface area contributed by atoms with Crippen LogP contribution in [-0.2, 0) is 19.7 Å². The van der Waals surface area contributed by atoms with Crippen LogP contribution in [0.2, 0.25) is 0 Å². The molecule has 0 bridgehead atoms. The van der Waals surface area contributed by atoms with E-state index in [4.69, 9.17) is 0 Å². The Morgan fingerprint density at radius 3 is 2.19 bits per heavy atom. The van der Waals surface area contributed by atoms with Gasteiger partial charge in [-0.15, -0.1) is 0 Å². The Bertz CT molecular complexity index is 1030. The number of sulfone groups is 2. The molecule has 0 amide bonds. The average Bonchev–Trinajstić information content (AvgIpc) is 3.02. The molecule has 2 aromatic carbocycles. The molecule has 3 rings (SSSR count). The number of hydrogen-bond donors (Lipinski definition) is 0. The number of halogens is 1. The van der Waals surface area contributed by atoms with Crippen LogP contribution < -0.4 is 4.90 Å². The molecule has 1 atom stereocenters. The van der Waals surface area contributed by atoms with E-state index in [0.29, 0.717) is 12.2 Å². The Morgan fingerprint density at radius 1 is 0.962 bits per heavy atom. The van der Waals surface area contributed by atoms with Crippen LogP contribution in [0, 0.1) is 5.82 Å². The molecular weight excluding hydrogens is 377 g/mol. The van der Waals surface area contributed by atoms with Crippen LogP contribution in [0.3, 0.4) is 0 Å². The zero-order valence-corrected chi connectivity index (χ0v) is 16.1. The van der Waals surface area contributed by atoms with Crippen LogP contribution in [0.5, 0.6) is 0 Å². The molecule has 0 radical (unpaired) electrons. The van der Waals surface area contributed by atoms with Gasteiger partial charge in [0.15, 0.2) is 19.7 Å². The largest absolute Gasteiger partial charge is 0.363 e. The van der Waals surface area contributed by atoms with E-state index in [9.17, 15) is 21.2 Å². The molecule has 26 heavy (non-hydrogen) atoms. The molecular formula is C18H20FNO4S2. The van der Waals surface area contributed by atoms with Gasteiger partial charge in [0.2, 0.25) is 0 Å². The highest BCUT2D eigenvalue weighted by atomic mass is 32.2. The molecule has 0 spiro atoms. The van der Waals surface area contributed by atoms with Crippen molar-refractivity contribution in [1.29, 1.82) is 0 Å². The summed E-state index contributed by atoms with van der Waals surface area (Å²) in [5, 5.41) is 0. The summed E-state index contributed by atoms with van der Waals surface area (Å²) < 4.78 is 61.5. The lowest BCUT2D eigenvalue weighted by molar-refractivity contribution is 0.599. The standard InChI is InChI=1S/C18H20FNO4S2/c1-25(21,22)15-9-10-17(18(12-15)26(2,23)24)20-11-3-4-16(20)13-5-7-14(19)8-6-13/h5-10,12,16H,3-4,11H2,1-2H3. The van der Waals surface area contributed by atoms with E-state index in [1.54, 1.807) is 18.2 Å². The van der Waals surface area contributed by atoms with Crippen molar-refractivity contribution in [1.82, 2.24) is 0 Å². The number of anilines is 1. The third-order valence-electron chi connectivity index (χ3n) is 4.58. The normalized spacial score (nSPS) is 18.3. The molecule has 140 valence electrons. The molecule has 0 aliphatic carbocycles. The van der Waals surface area contributed by atoms with Gasteiger partial charge in [-0.3, -0.25) is 0 Å². The zero-order valence-electron chi connectivity index (χ0n) is 14.5. The van der Waals surface area contributed by atoms with Gasteiger partial charge in [-0.05, 0) is 48.7 Å². The molecule has 1 aliphatic heterocycles. The maximum Gasteiger partial charge on any atom is 0.177 e. The lowest BCUT2D eigenvalue weighted by Gasteiger charge is -2.29. The lowest BCUT2D eigenvalue weighted by Crippen LogP contribution is -2.24. The van der Waals surface area contributed by atoms with Gasteiger partial charge in [-0.1, -0.05) is 12.1 Å². The fraction of sp³-hybridized carbons (Fsp3) is 0.333. The van der Waals surface area contributed by atoms with E-state index in [1.807, 2.05) is 4.90 Å². The smallest absolute Gasteiger partial charge is 0.177 e. The van der Waals surface area contributed by atoms with Crippen molar-refractivity contribution in [3.63, 3.8) is 0 Å². The Hall–Kier alpha value is -1.93. The Labute approximate surface area is 153 Å². The van der Waals surface area contributed by atoms with Gasteiger partial charge in [0, 0.05) is 19.1 Å². The molecule has 0 aromatic heterocycles. The van der Waals surface area contributed by atoms with Crippen LogP contribution in [0.4, 0.5) is 10.1 Å². The van der Waals surface area contributed by atoms with E-state index in [1.165, 1.54) is 24.3 Å². The van der Waals surface area contributed by atoms with Crippen molar-refractivity contribution < 1.29 is 21.2 Å². The molecule has 1 heterocycles. The van der Waals surface area contributed by atoms with Gasteiger partial charge < -0.3 is 4.90 Å². The fourth-order valence-corrected chi connectivity index (χ4v) is 4.97. The first-order chi connectivity index (χ1) is 12.1. The topological polar surface area (TPSA) is 71.5 Å². The molecule has 8 heteroatoms. The summed E-state index contributed by atoms with van der Waals surface area (Å²) >= 11 is 0. The lowest BCUT2D eigenvalue weighted by atomic mass is 10.0. The summed E-state index contributed by atoms with van der Waals surface area (Å²) in [6.07, 6.45) is 3.79. The highest BCUT2D eigenvalue weighted by Gasteiger charge is 2.30. The second-order valence-corrected chi connectivity index (χ2v) is 10.6. The van der Waals surface area contributed by atoms with Crippen LogP contribution in [0.25, 0.3) is 0 Å². The van der Waals surface area contributed by atoms with E-state index in [0.717, 1.165) is 30.9 Å². The number of benzene rings is 2. The van der Waals surface area contributed by atoms with Gasteiger partial charge in [-0.2, -0.15) is 0 Å². The van der Waals surface area contributed by atoms with E-state index in [2.05, 4.69) is 0 Å². The second-order valence-electron chi connectivity index (χ2n) is 6.58. The number of rotatable bonds is 4. The molecule has 5 nitrogen and oxygen atoms in total. The predicted octanol–water partition coefficient (Wildman–Crippen LogP) is 2.97. The van der Waals surface area contributed by atoms with Gasteiger partial charge in [0.1, 0.15) is 5.82 Å². The average molecular weight is 397 g/mol. The summed E-state index contributed by atoms with van der Waals surface area (Å²) in [6.45, 7) is 0.642. The molecule has 0 N–H and O–H groups in total. The summed E-state index contributed by atoms with van der Waals surface area (Å²) in [6, 6.07) is 10.3. The van der Waals surface area contributed by atoms with Gasteiger partial charge in [0.05, 0.1) is 21.5 Å². The molecule has 2 aromatic rings. The molecule has 1 saturated heterocycles. The molecule has 1 unspecified atom stereocenters. The molecule has 1 fully saturated rings. The number of hydrogen-bond acceptors (Lipinski definition) is 5. The monoisotopic (exact) mass is 397 g/mol. The minimum absolute atomic E-state index is 0.00515. The van der Waals surface area contributed by atoms with Crippen LogP contribution in [0.15, 0.2) is 52.3 Å². The molecule has 1 aliphatic rings. The van der Waals surface area contributed by atoms with Crippen molar-refractivity contribution >= 4 is 25.4 Å². The van der Waals surface area contributed by atoms with Crippen molar-refractivity contribution in [3.05, 3.63) is 53.8 Å². The van der Waals surface area contributed by atoms with Crippen LogP contribution >= 0.6 is 0 Å². The van der Waals surface area contributed by atoms with E-state index in [-0.39, 0.29) is 21.7 Å². The minimum Gasteiger partial charge on any atom is -0.363 e. The second kappa shape index (κ2) is 6.66. The Morgan fingerprint density at radius 2 is 1.62 bits per heavy atom. The highest BCUT2D eigenvalue weighted by molar-refractivity contribution is 7.91. The van der Waals surface area contributed by atoms with Crippen molar-refractivity contribution in [3.8, 4) is 0 Å². The van der Waals surface area contributed by atoms with E-state index < -0.39 is 19.7 Å². The third-order valence-corrected chi connectivity index (χ3v) is 6.81. The number of nitrogens with zero attached hydrogens (tertiary/aromatic N) is 1. The van der Waals surface area contributed by atoms with Crippen LogP contribution in [0.1, 0.15) is 24.4 Å². The quantitative estimate of drug-likeness (QED) is 0.793. The minimum atomic E-state index is -3.63. The third kappa shape index (κ3) is 3.76. The first-order valence-electron chi connectivity index (χ1n) is 8.13. The van der Waals surface area contributed by atoms with Crippen molar-refractivity contribution in [2.75, 3.05) is 24.0 Å². The summed E-state index contributed by atoms with van der Waals surface area (Å²) in [5.41, 5.74) is 1.38. The predicted molar refractivity (Wildman–Crippen MR) is 98.4 cm³/mol. The zero-order chi connectivity index (χ0) is 19.1. The first-order valence-corrected chi connectivity index (χ1v) is 11.9. The Kier molecular flexibility index (Phi) is 4.83.